The first-order chi connectivity index (χ1) is 11.0. The molecule has 5 nitrogen and oxygen atoms in total. The number of halogens is 1. The Kier molecular flexibility index (Phi) is 2.55. The van der Waals surface area contributed by atoms with E-state index in [1.165, 1.54) is 0 Å². The number of fused-ring (bicyclic) bond motifs is 1. The number of anilines is 2. The molecule has 4 aliphatic carbocycles. The van der Waals surface area contributed by atoms with Gasteiger partial charge in [-0.05, 0) is 49.6 Å². The standard InChI is InChI=1S/C17H19ClN4O/c1-9-21(2)13-8-19-16(18)20-15(13)22(9)17-5-10-3-11(6-17)14(23)12(4-10)7-17/h8,10-12H,1,3-7H2,2H3. The number of rotatable bonds is 1. The molecule has 6 heteroatoms. The summed E-state index contributed by atoms with van der Waals surface area (Å²) in [4.78, 5) is 25.4. The molecule has 4 fully saturated rings. The highest BCUT2D eigenvalue weighted by atomic mass is 35.5. The van der Waals surface area contributed by atoms with Crippen LogP contribution in [0.3, 0.4) is 0 Å². The predicted octanol–water partition coefficient (Wildman–Crippen LogP) is 3.01. The molecule has 0 saturated heterocycles. The van der Waals surface area contributed by atoms with Gasteiger partial charge in [0.2, 0.25) is 5.28 Å². The van der Waals surface area contributed by atoms with Crippen molar-refractivity contribution in [1.82, 2.24) is 9.97 Å². The third-order valence-electron chi connectivity index (χ3n) is 6.38. The summed E-state index contributed by atoms with van der Waals surface area (Å²) in [5.41, 5.74) is 0.917. The molecule has 5 aliphatic rings. The van der Waals surface area contributed by atoms with Gasteiger partial charge in [-0.1, -0.05) is 6.58 Å². The first-order valence-corrected chi connectivity index (χ1v) is 8.65. The summed E-state index contributed by atoms with van der Waals surface area (Å²) in [5, 5.41) is 0.262. The molecule has 6 rings (SSSR count). The first kappa shape index (κ1) is 13.8. The molecular formula is C17H19ClN4O. The third-order valence-corrected chi connectivity index (χ3v) is 6.56. The number of hydrogen-bond donors (Lipinski definition) is 0. The van der Waals surface area contributed by atoms with Gasteiger partial charge in [-0.2, -0.15) is 4.98 Å². The highest BCUT2D eigenvalue weighted by Crippen LogP contribution is 2.59. The molecule has 120 valence electrons. The maximum atomic E-state index is 12.5. The van der Waals surface area contributed by atoms with Crippen LogP contribution in [0.2, 0.25) is 5.28 Å². The highest BCUT2D eigenvalue weighted by molar-refractivity contribution is 6.28. The van der Waals surface area contributed by atoms with Gasteiger partial charge in [-0.3, -0.25) is 4.79 Å². The summed E-state index contributed by atoms with van der Waals surface area (Å²) in [6.45, 7) is 4.29. The largest absolute Gasteiger partial charge is 0.327 e. The molecule has 0 N–H and O–H groups in total. The number of aromatic nitrogens is 2. The molecule has 4 bridgehead atoms. The topological polar surface area (TPSA) is 49.3 Å². The van der Waals surface area contributed by atoms with E-state index in [-0.39, 0.29) is 22.7 Å². The van der Waals surface area contributed by atoms with Crippen molar-refractivity contribution in [2.24, 2.45) is 17.8 Å². The Hall–Kier alpha value is -1.62. The predicted molar refractivity (Wildman–Crippen MR) is 88.4 cm³/mol. The second-order valence-electron chi connectivity index (χ2n) is 7.63. The van der Waals surface area contributed by atoms with E-state index in [0.29, 0.717) is 11.7 Å². The average molecular weight is 331 g/mol. The van der Waals surface area contributed by atoms with Crippen molar-refractivity contribution < 1.29 is 4.79 Å². The molecule has 1 aliphatic heterocycles. The van der Waals surface area contributed by atoms with E-state index in [4.69, 9.17) is 11.6 Å². The summed E-state index contributed by atoms with van der Waals surface area (Å²) in [6, 6.07) is 0. The van der Waals surface area contributed by atoms with Crippen molar-refractivity contribution in [3.8, 4) is 0 Å². The summed E-state index contributed by atoms with van der Waals surface area (Å²) >= 11 is 6.06. The molecule has 2 heterocycles. The Balaban J connectivity index is 1.64. The van der Waals surface area contributed by atoms with Gasteiger partial charge in [0.25, 0.3) is 0 Å². The lowest BCUT2D eigenvalue weighted by Gasteiger charge is -2.59. The molecule has 1 aromatic heterocycles. The lowest BCUT2D eigenvalue weighted by molar-refractivity contribution is -0.141. The minimum Gasteiger partial charge on any atom is -0.327 e. The van der Waals surface area contributed by atoms with E-state index in [9.17, 15) is 4.79 Å². The summed E-state index contributed by atoms with van der Waals surface area (Å²) in [6.07, 6.45) is 6.89. The molecule has 23 heavy (non-hydrogen) atoms. The number of hydrogen-bond acceptors (Lipinski definition) is 5. The van der Waals surface area contributed by atoms with Crippen LogP contribution in [0.25, 0.3) is 0 Å². The molecule has 1 aromatic rings. The number of nitrogens with zero attached hydrogens (tertiary/aromatic N) is 4. The van der Waals surface area contributed by atoms with Crippen molar-refractivity contribution in [3.05, 3.63) is 23.9 Å². The van der Waals surface area contributed by atoms with Crippen LogP contribution in [0.15, 0.2) is 18.6 Å². The van der Waals surface area contributed by atoms with Gasteiger partial charge in [0.1, 0.15) is 17.3 Å². The highest BCUT2D eigenvalue weighted by Gasteiger charge is 2.59. The fraction of sp³-hybridized carbons (Fsp3) is 0.588. The number of carbonyl (C=O) groups excluding carboxylic acids is 1. The molecular weight excluding hydrogens is 312 g/mol. The molecule has 4 saturated carbocycles. The molecule has 0 radical (unpaired) electrons. The Labute approximate surface area is 140 Å². The van der Waals surface area contributed by atoms with Gasteiger partial charge in [0.15, 0.2) is 5.82 Å². The maximum absolute atomic E-state index is 12.5. The SMILES string of the molecule is C=C1N(C)c2cnc(Cl)nc2N1C12CC3CC(C1)C(=O)C(C3)C2. The molecule has 0 amide bonds. The second kappa shape index (κ2) is 4.26. The molecule has 2 atom stereocenters. The summed E-state index contributed by atoms with van der Waals surface area (Å²) < 4.78 is 0. The first-order valence-electron chi connectivity index (χ1n) is 8.28. The van der Waals surface area contributed by atoms with E-state index in [1.54, 1.807) is 6.20 Å². The summed E-state index contributed by atoms with van der Waals surface area (Å²) in [7, 11) is 1.99. The minimum atomic E-state index is -0.0291. The van der Waals surface area contributed by atoms with Crippen molar-refractivity contribution in [2.45, 2.75) is 37.6 Å². The van der Waals surface area contributed by atoms with Gasteiger partial charge in [0.05, 0.1) is 6.20 Å². The Morgan fingerprint density at radius 3 is 2.70 bits per heavy atom. The van der Waals surface area contributed by atoms with Crippen LogP contribution in [-0.4, -0.2) is 28.3 Å². The van der Waals surface area contributed by atoms with E-state index < -0.39 is 0 Å². The van der Waals surface area contributed by atoms with Crippen molar-refractivity contribution in [2.75, 3.05) is 16.8 Å². The van der Waals surface area contributed by atoms with Crippen molar-refractivity contribution >= 4 is 28.9 Å². The van der Waals surface area contributed by atoms with E-state index in [1.807, 2.05) is 11.9 Å². The third kappa shape index (κ3) is 1.66. The van der Waals surface area contributed by atoms with Gasteiger partial charge < -0.3 is 9.80 Å². The maximum Gasteiger partial charge on any atom is 0.224 e. The Morgan fingerprint density at radius 2 is 2.00 bits per heavy atom. The number of Topliss-reactive ketones (excluding diaryl/α,β-unsaturated/α-hetero) is 1. The van der Waals surface area contributed by atoms with E-state index in [2.05, 4.69) is 21.4 Å². The Morgan fingerprint density at radius 1 is 1.30 bits per heavy atom. The zero-order valence-corrected chi connectivity index (χ0v) is 13.9. The van der Waals surface area contributed by atoms with Crippen LogP contribution < -0.4 is 9.80 Å². The zero-order valence-electron chi connectivity index (χ0n) is 13.1. The number of ketones is 1. The number of carbonyl (C=O) groups is 1. The van der Waals surface area contributed by atoms with Crippen molar-refractivity contribution in [3.63, 3.8) is 0 Å². The van der Waals surface area contributed by atoms with Crippen LogP contribution >= 0.6 is 11.6 Å². The second-order valence-corrected chi connectivity index (χ2v) is 7.97. The van der Waals surface area contributed by atoms with Crippen LogP contribution in [0.1, 0.15) is 32.1 Å². The fourth-order valence-electron chi connectivity index (χ4n) is 5.64. The molecule has 0 aromatic carbocycles. The van der Waals surface area contributed by atoms with Crippen molar-refractivity contribution in [1.29, 1.82) is 0 Å². The lowest BCUT2D eigenvalue weighted by atomic mass is 9.52. The normalized spacial score (nSPS) is 37.7. The molecule has 0 spiro atoms. The van der Waals surface area contributed by atoms with Crippen LogP contribution in [0.5, 0.6) is 0 Å². The quantitative estimate of drug-likeness (QED) is 0.741. The fourth-order valence-corrected chi connectivity index (χ4v) is 5.77. The van der Waals surface area contributed by atoms with Crippen LogP contribution in [0, 0.1) is 17.8 Å². The zero-order chi connectivity index (χ0) is 15.9. The van der Waals surface area contributed by atoms with Gasteiger partial charge in [0, 0.05) is 24.4 Å². The lowest BCUT2D eigenvalue weighted by Crippen LogP contribution is -2.62. The Bertz CT molecular complexity index is 730. The summed E-state index contributed by atoms with van der Waals surface area (Å²) in [5.74, 6) is 3.37. The van der Waals surface area contributed by atoms with Gasteiger partial charge in [-0.15, -0.1) is 0 Å². The molecule has 2 unspecified atom stereocenters. The van der Waals surface area contributed by atoms with Gasteiger partial charge in [-0.25, -0.2) is 4.98 Å². The van der Waals surface area contributed by atoms with Crippen LogP contribution in [0.4, 0.5) is 11.5 Å². The van der Waals surface area contributed by atoms with E-state index >= 15 is 0 Å². The van der Waals surface area contributed by atoms with Gasteiger partial charge >= 0.3 is 0 Å². The smallest absolute Gasteiger partial charge is 0.224 e. The minimum absolute atomic E-state index is 0.0291. The average Bonchev–Trinajstić information content (AvgIpc) is 2.75. The monoisotopic (exact) mass is 330 g/mol. The van der Waals surface area contributed by atoms with E-state index in [0.717, 1.165) is 49.4 Å². The van der Waals surface area contributed by atoms with Crippen LogP contribution in [-0.2, 0) is 4.79 Å².